The zero-order valence-corrected chi connectivity index (χ0v) is 9.83. The lowest BCUT2D eigenvalue weighted by molar-refractivity contribution is -0.305. The van der Waals surface area contributed by atoms with E-state index in [1.807, 2.05) is 0 Å². The minimum atomic E-state index is -5.54. The Kier molecular flexibility index (Phi) is 4.49. The zero-order valence-electron chi connectivity index (χ0n) is 9.83. The Labute approximate surface area is 104 Å². The van der Waals surface area contributed by atoms with Gasteiger partial charge in [-0.1, -0.05) is 0 Å². The first-order chi connectivity index (χ1) is 8.55. The molecule has 9 heteroatoms. The number of nitrogens with zero attached hydrogens (tertiary/aromatic N) is 2. The second kappa shape index (κ2) is 5.40. The smallest absolute Gasteiger partial charge is 0.392 e. The van der Waals surface area contributed by atoms with Crippen molar-refractivity contribution in [3.8, 4) is 0 Å². The van der Waals surface area contributed by atoms with Crippen molar-refractivity contribution in [2.24, 2.45) is 5.92 Å². The van der Waals surface area contributed by atoms with Crippen LogP contribution in [0.3, 0.4) is 0 Å². The van der Waals surface area contributed by atoms with Crippen LogP contribution in [-0.2, 0) is 13.0 Å². The third kappa shape index (κ3) is 4.12. The molecule has 1 aromatic heterocycles. The number of hydrogen-bond acceptors (Lipinski definition) is 2. The van der Waals surface area contributed by atoms with Crippen LogP contribution in [0, 0.1) is 5.92 Å². The standard InChI is InChI=1S/C10H12F6N2O/c1-2-18-5-6(4-17-18)3-7(19)8(9(11,12)13)10(14,15)16/h4-5,7-8,19H,2-3H2,1H3. The average Bonchev–Trinajstić information content (AvgIpc) is 2.60. The molecule has 0 amide bonds. The van der Waals surface area contributed by atoms with Crippen molar-refractivity contribution in [3.63, 3.8) is 0 Å². The highest BCUT2D eigenvalue weighted by Crippen LogP contribution is 2.42. The largest absolute Gasteiger partial charge is 0.403 e. The Hall–Kier alpha value is -1.25. The molecule has 1 N–H and O–H groups in total. The van der Waals surface area contributed by atoms with Gasteiger partial charge in [-0.2, -0.15) is 31.4 Å². The summed E-state index contributed by atoms with van der Waals surface area (Å²) in [5.74, 6) is -3.76. The Bertz CT molecular complexity index is 397. The Morgan fingerprint density at radius 2 is 1.74 bits per heavy atom. The highest BCUT2D eigenvalue weighted by atomic mass is 19.4. The van der Waals surface area contributed by atoms with Crippen molar-refractivity contribution in [2.75, 3.05) is 0 Å². The van der Waals surface area contributed by atoms with Crippen LogP contribution in [0.15, 0.2) is 12.4 Å². The van der Waals surface area contributed by atoms with Crippen LogP contribution in [0.5, 0.6) is 0 Å². The monoisotopic (exact) mass is 290 g/mol. The van der Waals surface area contributed by atoms with Gasteiger partial charge in [0.1, 0.15) is 0 Å². The van der Waals surface area contributed by atoms with Gasteiger partial charge < -0.3 is 5.11 Å². The number of aryl methyl sites for hydroxylation is 1. The van der Waals surface area contributed by atoms with Gasteiger partial charge in [-0.15, -0.1) is 0 Å². The summed E-state index contributed by atoms with van der Waals surface area (Å²) in [4.78, 5) is 0. The minimum Gasteiger partial charge on any atom is -0.392 e. The Morgan fingerprint density at radius 3 is 2.11 bits per heavy atom. The van der Waals surface area contributed by atoms with Crippen LogP contribution >= 0.6 is 0 Å². The van der Waals surface area contributed by atoms with Gasteiger partial charge in [0.2, 0.25) is 0 Å². The number of alkyl halides is 6. The normalized spacial score (nSPS) is 15.0. The predicted octanol–water partition coefficient (Wildman–Crippen LogP) is 2.55. The minimum absolute atomic E-state index is 0.118. The molecular weight excluding hydrogens is 278 g/mol. The summed E-state index contributed by atoms with van der Waals surface area (Å²) in [6, 6.07) is 0. The first kappa shape index (κ1) is 15.8. The van der Waals surface area contributed by atoms with Crippen molar-refractivity contribution in [1.29, 1.82) is 0 Å². The summed E-state index contributed by atoms with van der Waals surface area (Å²) in [5.41, 5.74) is 0.118. The molecule has 3 nitrogen and oxygen atoms in total. The molecule has 0 aliphatic rings. The summed E-state index contributed by atoms with van der Waals surface area (Å²) < 4.78 is 75.4. The number of aliphatic hydroxyl groups excluding tert-OH is 1. The van der Waals surface area contributed by atoms with E-state index >= 15 is 0 Å². The summed E-state index contributed by atoms with van der Waals surface area (Å²) in [6.07, 6.45) is -12.0. The zero-order chi connectivity index (χ0) is 14.8. The van der Waals surface area contributed by atoms with E-state index < -0.39 is 30.8 Å². The molecule has 0 bridgehead atoms. The predicted molar refractivity (Wildman–Crippen MR) is 53.2 cm³/mol. The van der Waals surface area contributed by atoms with Gasteiger partial charge in [-0.3, -0.25) is 4.68 Å². The maximum Gasteiger partial charge on any atom is 0.403 e. The van der Waals surface area contributed by atoms with Crippen molar-refractivity contribution in [3.05, 3.63) is 18.0 Å². The average molecular weight is 290 g/mol. The molecule has 0 saturated heterocycles. The first-order valence-electron chi connectivity index (χ1n) is 5.38. The Morgan fingerprint density at radius 1 is 1.21 bits per heavy atom. The van der Waals surface area contributed by atoms with Gasteiger partial charge in [0.05, 0.1) is 12.3 Å². The lowest BCUT2D eigenvalue weighted by Gasteiger charge is -2.27. The fraction of sp³-hybridized carbons (Fsp3) is 0.700. The van der Waals surface area contributed by atoms with E-state index in [-0.39, 0.29) is 5.56 Å². The van der Waals surface area contributed by atoms with E-state index in [0.717, 1.165) is 6.20 Å². The molecule has 1 rings (SSSR count). The second-order valence-corrected chi connectivity index (χ2v) is 4.04. The molecule has 0 fully saturated rings. The van der Waals surface area contributed by atoms with E-state index in [4.69, 9.17) is 0 Å². The van der Waals surface area contributed by atoms with Crippen molar-refractivity contribution in [1.82, 2.24) is 9.78 Å². The highest BCUT2D eigenvalue weighted by Gasteiger charge is 2.59. The molecule has 1 unspecified atom stereocenters. The van der Waals surface area contributed by atoms with Gasteiger partial charge in [0, 0.05) is 19.2 Å². The lowest BCUT2D eigenvalue weighted by atomic mass is 9.96. The number of hydrogen-bond donors (Lipinski definition) is 1. The van der Waals surface area contributed by atoms with Gasteiger partial charge in [-0.25, -0.2) is 0 Å². The summed E-state index contributed by atoms with van der Waals surface area (Å²) in [6.45, 7) is 2.14. The maximum absolute atomic E-state index is 12.3. The van der Waals surface area contributed by atoms with Crippen LogP contribution in [-0.4, -0.2) is 33.3 Å². The van der Waals surface area contributed by atoms with E-state index in [1.54, 1.807) is 6.92 Å². The molecule has 1 atom stereocenters. The van der Waals surface area contributed by atoms with Crippen LogP contribution in [0.25, 0.3) is 0 Å². The molecular formula is C10H12F6N2O. The number of aromatic nitrogens is 2. The SMILES string of the molecule is CCn1cc(CC(O)C(C(F)(F)F)C(F)(F)F)cn1. The molecule has 0 spiro atoms. The first-order valence-corrected chi connectivity index (χ1v) is 5.38. The van der Waals surface area contributed by atoms with Gasteiger partial charge in [0.25, 0.3) is 0 Å². The second-order valence-electron chi connectivity index (χ2n) is 4.04. The van der Waals surface area contributed by atoms with Gasteiger partial charge in [0.15, 0.2) is 5.92 Å². The van der Waals surface area contributed by atoms with Crippen LogP contribution in [0.1, 0.15) is 12.5 Å². The number of rotatable bonds is 4. The highest BCUT2D eigenvalue weighted by molar-refractivity contribution is 5.06. The summed E-state index contributed by atoms with van der Waals surface area (Å²) in [5, 5.41) is 13.0. The van der Waals surface area contributed by atoms with E-state index in [0.29, 0.717) is 6.54 Å². The molecule has 1 aromatic rings. The van der Waals surface area contributed by atoms with Crippen molar-refractivity contribution >= 4 is 0 Å². The van der Waals surface area contributed by atoms with Crippen molar-refractivity contribution < 1.29 is 31.4 Å². The lowest BCUT2D eigenvalue weighted by Crippen LogP contribution is -2.45. The fourth-order valence-electron chi connectivity index (χ4n) is 1.67. The molecule has 19 heavy (non-hydrogen) atoms. The number of aliphatic hydroxyl groups is 1. The number of halogens is 6. The van der Waals surface area contributed by atoms with Crippen LogP contribution in [0.2, 0.25) is 0 Å². The molecule has 0 aliphatic carbocycles. The third-order valence-electron chi connectivity index (χ3n) is 2.55. The Balaban J connectivity index is 2.86. The summed E-state index contributed by atoms with van der Waals surface area (Å²) in [7, 11) is 0. The summed E-state index contributed by atoms with van der Waals surface area (Å²) >= 11 is 0. The van der Waals surface area contributed by atoms with Gasteiger partial charge >= 0.3 is 12.4 Å². The topological polar surface area (TPSA) is 38.0 Å². The fourth-order valence-corrected chi connectivity index (χ4v) is 1.67. The molecule has 1 heterocycles. The van der Waals surface area contributed by atoms with E-state index in [1.165, 1.54) is 10.9 Å². The van der Waals surface area contributed by atoms with Gasteiger partial charge in [-0.05, 0) is 12.5 Å². The molecule has 110 valence electrons. The van der Waals surface area contributed by atoms with Crippen LogP contribution < -0.4 is 0 Å². The van der Waals surface area contributed by atoms with Crippen molar-refractivity contribution in [2.45, 2.75) is 38.3 Å². The van der Waals surface area contributed by atoms with E-state index in [2.05, 4.69) is 5.10 Å². The van der Waals surface area contributed by atoms with Crippen LogP contribution in [0.4, 0.5) is 26.3 Å². The maximum atomic E-state index is 12.3. The molecule has 0 radical (unpaired) electrons. The molecule has 0 aromatic carbocycles. The third-order valence-corrected chi connectivity index (χ3v) is 2.55. The molecule has 0 saturated carbocycles. The quantitative estimate of drug-likeness (QED) is 0.865. The molecule has 0 aliphatic heterocycles. The van der Waals surface area contributed by atoms with E-state index in [9.17, 15) is 31.4 Å².